The van der Waals surface area contributed by atoms with Crippen LogP contribution in [0.25, 0.3) is 0 Å². The Kier molecular flexibility index (Phi) is 3.13. The van der Waals surface area contributed by atoms with Gasteiger partial charge in [0.05, 0.1) is 4.47 Å². The molecule has 0 saturated carbocycles. The molecule has 80 valence electrons. The van der Waals surface area contributed by atoms with Crippen molar-refractivity contribution in [3.63, 3.8) is 0 Å². The SMILES string of the molecule is O=C(O)C(=O)c1c(F)cc(F)c(Br)c1F. The number of aliphatic carboxylic acids is 1. The van der Waals surface area contributed by atoms with Gasteiger partial charge < -0.3 is 5.11 Å². The molecule has 1 aromatic carbocycles. The highest BCUT2D eigenvalue weighted by Gasteiger charge is 2.27. The van der Waals surface area contributed by atoms with E-state index in [4.69, 9.17) is 5.11 Å². The van der Waals surface area contributed by atoms with Crippen LogP contribution in [0.1, 0.15) is 10.4 Å². The molecule has 0 heterocycles. The predicted molar refractivity (Wildman–Crippen MR) is 46.0 cm³/mol. The number of hydrogen-bond donors (Lipinski definition) is 1. The Morgan fingerprint density at radius 3 is 2.20 bits per heavy atom. The number of carbonyl (C=O) groups is 2. The maximum Gasteiger partial charge on any atom is 0.377 e. The van der Waals surface area contributed by atoms with Gasteiger partial charge in [-0.25, -0.2) is 18.0 Å². The Balaban J connectivity index is 3.49. The summed E-state index contributed by atoms with van der Waals surface area (Å²) in [7, 11) is 0. The van der Waals surface area contributed by atoms with Gasteiger partial charge in [0.2, 0.25) is 0 Å². The van der Waals surface area contributed by atoms with E-state index in [0.717, 1.165) is 0 Å². The zero-order chi connectivity index (χ0) is 11.7. The first-order chi connectivity index (χ1) is 6.86. The number of carboxylic acid groups (broad SMARTS) is 1. The number of hydrogen-bond acceptors (Lipinski definition) is 2. The van der Waals surface area contributed by atoms with Crippen LogP contribution >= 0.6 is 15.9 Å². The molecule has 0 aromatic heterocycles. The van der Waals surface area contributed by atoms with Crippen molar-refractivity contribution in [2.24, 2.45) is 0 Å². The van der Waals surface area contributed by atoms with Gasteiger partial charge in [-0.2, -0.15) is 0 Å². The maximum atomic E-state index is 13.1. The zero-order valence-electron chi connectivity index (χ0n) is 6.85. The molecule has 1 N–H and O–H groups in total. The van der Waals surface area contributed by atoms with Crippen LogP contribution in [0, 0.1) is 17.5 Å². The second-order valence-corrected chi connectivity index (χ2v) is 3.27. The van der Waals surface area contributed by atoms with Crippen LogP contribution in [0.5, 0.6) is 0 Å². The van der Waals surface area contributed by atoms with Gasteiger partial charge in [-0.1, -0.05) is 0 Å². The fraction of sp³-hybridized carbons (Fsp3) is 0. The lowest BCUT2D eigenvalue weighted by molar-refractivity contribution is -0.131. The van der Waals surface area contributed by atoms with Gasteiger partial charge >= 0.3 is 5.97 Å². The molecular formula is C8H2BrF3O3. The van der Waals surface area contributed by atoms with Gasteiger partial charge in [0.1, 0.15) is 17.2 Å². The highest BCUT2D eigenvalue weighted by atomic mass is 79.9. The number of ketones is 1. The quantitative estimate of drug-likeness (QED) is 0.391. The summed E-state index contributed by atoms with van der Waals surface area (Å²) in [5, 5.41) is 8.25. The Bertz CT molecular complexity index is 459. The normalized spacial score (nSPS) is 10.1. The van der Waals surface area contributed by atoms with E-state index in [0.29, 0.717) is 0 Å². The van der Waals surface area contributed by atoms with Crippen molar-refractivity contribution in [2.75, 3.05) is 0 Å². The fourth-order valence-electron chi connectivity index (χ4n) is 0.881. The molecule has 1 aromatic rings. The summed E-state index contributed by atoms with van der Waals surface area (Å²) in [6.45, 7) is 0. The molecule has 0 aliphatic heterocycles. The summed E-state index contributed by atoms with van der Waals surface area (Å²) < 4.78 is 38.0. The van der Waals surface area contributed by atoms with Crippen molar-refractivity contribution < 1.29 is 27.9 Å². The Labute approximate surface area is 89.6 Å². The first kappa shape index (κ1) is 11.7. The van der Waals surface area contributed by atoms with Crippen molar-refractivity contribution >= 4 is 27.7 Å². The molecule has 3 nitrogen and oxygen atoms in total. The predicted octanol–water partition coefficient (Wildman–Crippen LogP) is 2.13. The fourth-order valence-corrected chi connectivity index (χ4v) is 1.19. The minimum atomic E-state index is -2.02. The van der Waals surface area contributed by atoms with Gasteiger partial charge in [-0.3, -0.25) is 4.79 Å². The van der Waals surface area contributed by atoms with Crippen LogP contribution in [0.4, 0.5) is 13.2 Å². The molecule has 0 aliphatic carbocycles. The van der Waals surface area contributed by atoms with Crippen LogP contribution in [-0.4, -0.2) is 16.9 Å². The van der Waals surface area contributed by atoms with Gasteiger partial charge in [-0.15, -0.1) is 0 Å². The Hall–Kier alpha value is -1.37. The van der Waals surface area contributed by atoms with E-state index in [9.17, 15) is 22.8 Å². The Morgan fingerprint density at radius 1 is 1.20 bits per heavy atom. The molecule has 0 saturated heterocycles. The summed E-state index contributed by atoms with van der Waals surface area (Å²) >= 11 is 2.42. The summed E-state index contributed by atoms with van der Waals surface area (Å²) in [4.78, 5) is 21.0. The molecule has 0 atom stereocenters. The number of benzene rings is 1. The zero-order valence-corrected chi connectivity index (χ0v) is 8.44. The highest BCUT2D eigenvalue weighted by Crippen LogP contribution is 2.25. The van der Waals surface area contributed by atoms with E-state index in [-0.39, 0.29) is 6.07 Å². The van der Waals surface area contributed by atoms with Crippen molar-refractivity contribution in [3.8, 4) is 0 Å². The van der Waals surface area contributed by atoms with Gasteiger partial charge in [0, 0.05) is 6.07 Å². The number of halogens is 4. The average Bonchev–Trinajstić information content (AvgIpc) is 2.14. The van der Waals surface area contributed by atoms with E-state index in [1.54, 1.807) is 0 Å². The smallest absolute Gasteiger partial charge is 0.377 e. The molecule has 0 fully saturated rings. The monoisotopic (exact) mass is 282 g/mol. The molecule has 15 heavy (non-hydrogen) atoms. The third-order valence-electron chi connectivity index (χ3n) is 1.54. The number of carboxylic acids is 1. The summed E-state index contributed by atoms with van der Waals surface area (Å²) in [6.07, 6.45) is 0. The van der Waals surface area contributed by atoms with Gasteiger partial charge in [0.25, 0.3) is 5.78 Å². The minimum Gasteiger partial charge on any atom is -0.475 e. The number of rotatable bonds is 2. The third-order valence-corrected chi connectivity index (χ3v) is 2.26. The first-order valence-electron chi connectivity index (χ1n) is 3.47. The van der Waals surface area contributed by atoms with Crippen LogP contribution < -0.4 is 0 Å². The summed E-state index contributed by atoms with van der Waals surface area (Å²) in [5.74, 6) is -8.18. The standard InChI is InChI=1S/C8H2BrF3O3/c9-5-3(11)1-2(10)4(6(5)12)7(13)8(14)15/h1H,(H,14,15). The lowest BCUT2D eigenvalue weighted by Gasteiger charge is -2.03. The summed E-state index contributed by atoms with van der Waals surface area (Å²) in [6, 6.07) is 0.226. The molecule has 0 spiro atoms. The highest BCUT2D eigenvalue weighted by molar-refractivity contribution is 9.10. The Morgan fingerprint density at radius 2 is 1.73 bits per heavy atom. The number of carbonyl (C=O) groups excluding carboxylic acids is 1. The van der Waals surface area contributed by atoms with Crippen LogP contribution in [0.2, 0.25) is 0 Å². The topological polar surface area (TPSA) is 54.4 Å². The van der Waals surface area contributed by atoms with Crippen molar-refractivity contribution in [3.05, 3.63) is 33.6 Å². The van der Waals surface area contributed by atoms with Crippen molar-refractivity contribution in [1.82, 2.24) is 0 Å². The molecule has 7 heteroatoms. The molecule has 0 aliphatic rings. The van der Waals surface area contributed by atoms with E-state index in [1.165, 1.54) is 0 Å². The largest absolute Gasteiger partial charge is 0.475 e. The first-order valence-corrected chi connectivity index (χ1v) is 4.26. The summed E-state index contributed by atoms with van der Waals surface area (Å²) in [5.41, 5.74) is -1.30. The lowest BCUT2D eigenvalue weighted by Crippen LogP contribution is -2.17. The minimum absolute atomic E-state index is 0.226. The lowest BCUT2D eigenvalue weighted by atomic mass is 10.1. The number of Topliss-reactive ketones (excluding diaryl/α,β-unsaturated/α-hetero) is 1. The second-order valence-electron chi connectivity index (χ2n) is 2.48. The van der Waals surface area contributed by atoms with Crippen LogP contribution in [0.15, 0.2) is 10.5 Å². The van der Waals surface area contributed by atoms with E-state index in [1.807, 2.05) is 0 Å². The van der Waals surface area contributed by atoms with Crippen LogP contribution in [-0.2, 0) is 4.79 Å². The molecule has 1 rings (SSSR count). The average molecular weight is 283 g/mol. The molecule has 0 amide bonds. The molecule has 0 unspecified atom stereocenters. The van der Waals surface area contributed by atoms with Crippen LogP contribution in [0.3, 0.4) is 0 Å². The van der Waals surface area contributed by atoms with Gasteiger partial charge in [0.15, 0.2) is 5.82 Å². The van der Waals surface area contributed by atoms with Crippen molar-refractivity contribution in [1.29, 1.82) is 0 Å². The van der Waals surface area contributed by atoms with E-state index in [2.05, 4.69) is 15.9 Å². The molecule has 0 radical (unpaired) electrons. The van der Waals surface area contributed by atoms with E-state index < -0.39 is 39.2 Å². The second kappa shape index (κ2) is 4.01. The molecule has 0 bridgehead atoms. The van der Waals surface area contributed by atoms with Gasteiger partial charge in [-0.05, 0) is 15.9 Å². The third kappa shape index (κ3) is 2.01. The van der Waals surface area contributed by atoms with Crippen molar-refractivity contribution in [2.45, 2.75) is 0 Å². The molecular weight excluding hydrogens is 281 g/mol. The maximum absolute atomic E-state index is 13.1. The van der Waals surface area contributed by atoms with E-state index >= 15 is 0 Å².